The van der Waals surface area contributed by atoms with Crippen LogP contribution >= 0.6 is 25.6 Å². The first-order valence-corrected chi connectivity index (χ1v) is 3.16. The first-order valence-electron chi connectivity index (χ1n) is 2.36. The first-order chi connectivity index (χ1) is 4.63. The molecule has 10 heavy (non-hydrogen) atoms. The quantitative estimate of drug-likeness (QED) is 0.518. The predicted octanol–water partition coefficient (Wildman–Crippen LogP) is -0.604. The molecule has 1 rings (SSSR count). The second kappa shape index (κ2) is 2.55. The minimum Gasteiger partial charge on any atom is -0.268 e. The van der Waals surface area contributed by atoms with Crippen molar-refractivity contribution in [3.63, 3.8) is 0 Å². The fraction of sp³-hybridized carbons (Fsp3) is 0. The summed E-state index contributed by atoms with van der Waals surface area (Å²) in [7, 11) is 0. The highest BCUT2D eigenvalue weighted by molar-refractivity contribution is 7.79. The lowest BCUT2D eigenvalue weighted by Gasteiger charge is -1.94. The van der Waals surface area contributed by atoms with Gasteiger partial charge in [-0.3, -0.25) is 4.79 Å². The van der Waals surface area contributed by atoms with Gasteiger partial charge in [0.25, 0.3) is 5.56 Å². The molecule has 54 valence electrons. The fourth-order valence-corrected chi connectivity index (χ4v) is 0.850. The second-order valence-corrected chi connectivity index (χ2v) is 2.42. The third-order valence-electron chi connectivity index (χ3n) is 0.944. The zero-order valence-electron chi connectivity index (χ0n) is 4.76. The fourth-order valence-electron chi connectivity index (χ4n) is 0.460. The lowest BCUT2D eigenvalue weighted by molar-refractivity contribution is 0.952. The van der Waals surface area contributed by atoms with Crippen LogP contribution in [0.2, 0.25) is 0 Å². The highest BCUT2D eigenvalue weighted by Crippen LogP contribution is 1.78. The number of aromatic nitrogens is 2. The molecule has 0 fully saturated rings. The van der Waals surface area contributed by atoms with Gasteiger partial charge in [-0.15, -0.1) is 0 Å². The average molecular weight is 176 g/mol. The Bertz CT molecular complexity index is 353. The van der Waals surface area contributed by atoms with Crippen molar-refractivity contribution in [2.75, 3.05) is 0 Å². The molecule has 6 heteroatoms. The van der Waals surface area contributed by atoms with E-state index in [4.69, 9.17) is 0 Å². The van der Waals surface area contributed by atoms with E-state index in [0.717, 1.165) is 3.97 Å². The van der Waals surface area contributed by atoms with E-state index in [2.05, 4.69) is 25.6 Å². The molecule has 1 heterocycles. The summed E-state index contributed by atoms with van der Waals surface area (Å²) < 4.78 is 1.64. The summed E-state index contributed by atoms with van der Waals surface area (Å²) in [6, 6.07) is 1.20. The van der Waals surface area contributed by atoms with Gasteiger partial charge in [0, 0.05) is 12.3 Å². The summed E-state index contributed by atoms with van der Waals surface area (Å²) >= 11 is 7.31. The first kappa shape index (κ1) is 7.49. The van der Waals surface area contributed by atoms with E-state index in [1.807, 2.05) is 0 Å². The number of nitrogens with zero attached hydrogens (tertiary/aromatic N) is 2. The summed E-state index contributed by atoms with van der Waals surface area (Å²) in [5, 5.41) is 0. The average Bonchev–Trinajstić information content (AvgIpc) is 1.93. The van der Waals surface area contributed by atoms with Crippen molar-refractivity contribution in [3.8, 4) is 0 Å². The maximum Gasteiger partial charge on any atom is 0.351 e. The van der Waals surface area contributed by atoms with E-state index in [0.29, 0.717) is 3.97 Å². The Kier molecular flexibility index (Phi) is 1.91. The Hall–Kier alpha value is -0.620. The van der Waals surface area contributed by atoms with Crippen LogP contribution in [0.5, 0.6) is 0 Å². The Labute approximate surface area is 67.2 Å². The Morgan fingerprint density at radius 2 is 1.90 bits per heavy atom. The molecule has 0 spiro atoms. The van der Waals surface area contributed by atoms with Crippen LogP contribution in [0.4, 0.5) is 0 Å². The molecule has 0 aliphatic carbocycles. The largest absolute Gasteiger partial charge is 0.351 e. The van der Waals surface area contributed by atoms with Gasteiger partial charge in [-0.25, -0.2) is 12.7 Å². The third-order valence-corrected chi connectivity index (χ3v) is 1.62. The van der Waals surface area contributed by atoms with Crippen LogP contribution < -0.4 is 11.2 Å². The van der Waals surface area contributed by atoms with Crippen LogP contribution in [-0.4, -0.2) is 7.94 Å². The zero-order valence-corrected chi connectivity index (χ0v) is 6.55. The van der Waals surface area contributed by atoms with E-state index in [1.54, 1.807) is 0 Å². The highest BCUT2D eigenvalue weighted by Gasteiger charge is 1.95. The number of thiol groups is 2. The molecule has 0 aliphatic heterocycles. The van der Waals surface area contributed by atoms with Crippen molar-refractivity contribution in [3.05, 3.63) is 33.1 Å². The van der Waals surface area contributed by atoms with Gasteiger partial charge >= 0.3 is 5.69 Å². The van der Waals surface area contributed by atoms with Gasteiger partial charge in [0.15, 0.2) is 0 Å². The van der Waals surface area contributed by atoms with E-state index >= 15 is 0 Å². The van der Waals surface area contributed by atoms with E-state index in [9.17, 15) is 9.59 Å². The molecular weight excluding hydrogens is 172 g/mol. The molecule has 0 atom stereocenters. The summed E-state index contributed by atoms with van der Waals surface area (Å²) in [4.78, 5) is 21.4. The molecule has 0 amide bonds. The monoisotopic (exact) mass is 176 g/mol. The molecule has 0 aliphatic rings. The molecular formula is C4H4N2O2S2. The lowest BCUT2D eigenvalue weighted by Crippen LogP contribution is -2.30. The van der Waals surface area contributed by atoms with Crippen LogP contribution in [0.1, 0.15) is 0 Å². The van der Waals surface area contributed by atoms with Crippen molar-refractivity contribution in [2.45, 2.75) is 0 Å². The van der Waals surface area contributed by atoms with E-state index < -0.39 is 11.2 Å². The van der Waals surface area contributed by atoms with Crippen molar-refractivity contribution in [1.82, 2.24) is 7.94 Å². The zero-order chi connectivity index (χ0) is 7.72. The predicted molar refractivity (Wildman–Crippen MR) is 43.7 cm³/mol. The van der Waals surface area contributed by atoms with Gasteiger partial charge in [-0.2, -0.15) is 0 Å². The van der Waals surface area contributed by atoms with Crippen LogP contribution in [0.3, 0.4) is 0 Å². The van der Waals surface area contributed by atoms with Crippen LogP contribution in [0.15, 0.2) is 21.9 Å². The molecule has 0 N–H and O–H groups in total. The summed E-state index contributed by atoms with van der Waals surface area (Å²) in [6.07, 6.45) is 1.26. The summed E-state index contributed by atoms with van der Waals surface area (Å²) in [5.74, 6) is 0. The van der Waals surface area contributed by atoms with Crippen molar-refractivity contribution in [2.24, 2.45) is 0 Å². The number of rotatable bonds is 0. The Morgan fingerprint density at radius 1 is 1.30 bits per heavy atom. The molecule has 0 aromatic carbocycles. The van der Waals surface area contributed by atoms with Crippen LogP contribution in [0.25, 0.3) is 0 Å². The smallest absolute Gasteiger partial charge is 0.268 e. The molecule has 0 saturated heterocycles. The number of hydrogen-bond donors (Lipinski definition) is 2. The molecule has 0 radical (unpaired) electrons. The van der Waals surface area contributed by atoms with E-state index in [1.165, 1.54) is 12.3 Å². The SMILES string of the molecule is O=c1ccn(S)c(=O)n1S. The standard InChI is InChI=1S/C4H4N2O2S2/c7-3-1-2-5(9)4(8)6(3)10/h1-2,9-10H. The van der Waals surface area contributed by atoms with Gasteiger partial charge in [-0.05, 0) is 0 Å². The number of hydrogen-bond acceptors (Lipinski definition) is 4. The van der Waals surface area contributed by atoms with E-state index in [-0.39, 0.29) is 0 Å². The maximum atomic E-state index is 10.8. The molecule has 4 nitrogen and oxygen atoms in total. The summed E-state index contributed by atoms with van der Waals surface area (Å²) in [5.41, 5.74) is -1.03. The van der Waals surface area contributed by atoms with Crippen LogP contribution in [-0.2, 0) is 0 Å². The molecule has 1 aromatic heterocycles. The van der Waals surface area contributed by atoms with Gasteiger partial charge in [0.1, 0.15) is 0 Å². The maximum absolute atomic E-state index is 10.8. The molecule has 1 aromatic rings. The van der Waals surface area contributed by atoms with Gasteiger partial charge < -0.3 is 0 Å². The van der Waals surface area contributed by atoms with Gasteiger partial charge in [-0.1, -0.05) is 25.6 Å². The van der Waals surface area contributed by atoms with Gasteiger partial charge in [0.05, 0.1) is 0 Å². The normalized spacial score (nSPS) is 9.80. The van der Waals surface area contributed by atoms with Crippen LogP contribution in [0, 0.1) is 0 Å². The van der Waals surface area contributed by atoms with Crippen molar-refractivity contribution < 1.29 is 0 Å². The molecule has 0 saturated carbocycles. The topological polar surface area (TPSA) is 44.0 Å². The molecule has 0 unspecified atom stereocenters. The van der Waals surface area contributed by atoms with Crippen molar-refractivity contribution >= 4 is 25.6 Å². The highest BCUT2D eigenvalue weighted by atomic mass is 32.1. The minimum absolute atomic E-state index is 0.460. The van der Waals surface area contributed by atoms with Crippen molar-refractivity contribution in [1.29, 1.82) is 0 Å². The summed E-state index contributed by atoms with van der Waals surface area (Å²) in [6.45, 7) is 0. The lowest BCUT2D eigenvalue weighted by atomic mass is 10.7. The van der Waals surface area contributed by atoms with Gasteiger partial charge in [0.2, 0.25) is 0 Å². The molecule has 0 bridgehead atoms. The minimum atomic E-state index is -0.570. The Morgan fingerprint density at radius 3 is 2.40 bits per heavy atom. The Balaban J connectivity index is 3.66. The second-order valence-electron chi connectivity index (χ2n) is 1.59. The third kappa shape index (κ3) is 1.12.